The Labute approximate surface area is 114 Å². The molecule has 1 aromatic heterocycles. The van der Waals surface area contributed by atoms with Crippen molar-refractivity contribution in [1.29, 1.82) is 0 Å². The number of hydrogen-bond acceptors (Lipinski definition) is 5. The molecule has 1 amide bonds. The minimum atomic E-state index is 0.0425. The topological polar surface area (TPSA) is 78.9 Å². The van der Waals surface area contributed by atoms with Crippen LogP contribution in [0.1, 0.15) is 33.6 Å². The monoisotopic (exact) mass is 265 g/mol. The summed E-state index contributed by atoms with van der Waals surface area (Å²) in [7, 11) is 0. The van der Waals surface area contributed by atoms with Crippen molar-refractivity contribution >= 4 is 17.5 Å². The normalized spacial score (nSPS) is 10.3. The van der Waals surface area contributed by atoms with Crippen molar-refractivity contribution in [2.24, 2.45) is 0 Å². The predicted molar refractivity (Wildman–Crippen MR) is 77.2 cm³/mol. The van der Waals surface area contributed by atoms with Crippen molar-refractivity contribution in [2.45, 2.75) is 39.7 Å². The van der Waals surface area contributed by atoms with Gasteiger partial charge in [0.2, 0.25) is 5.91 Å². The Morgan fingerprint density at radius 1 is 1.21 bits per heavy atom. The number of anilines is 2. The lowest BCUT2D eigenvalue weighted by atomic mass is 10.3. The van der Waals surface area contributed by atoms with Crippen molar-refractivity contribution in [2.75, 3.05) is 23.7 Å². The number of carbonyl (C=O) groups excluding carboxylic acids is 1. The summed E-state index contributed by atoms with van der Waals surface area (Å²) in [6, 6.07) is 2.02. The van der Waals surface area contributed by atoms with Gasteiger partial charge in [-0.3, -0.25) is 4.79 Å². The highest BCUT2D eigenvalue weighted by atomic mass is 16.1. The molecule has 19 heavy (non-hydrogen) atoms. The van der Waals surface area contributed by atoms with Gasteiger partial charge in [0.1, 0.15) is 18.0 Å². The Kier molecular flexibility index (Phi) is 6.63. The molecule has 0 bridgehead atoms. The second-order valence-electron chi connectivity index (χ2n) is 4.61. The van der Waals surface area contributed by atoms with Crippen LogP contribution in [0.3, 0.4) is 0 Å². The fourth-order valence-corrected chi connectivity index (χ4v) is 1.50. The number of aromatic nitrogens is 2. The van der Waals surface area contributed by atoms with Gasteiger partial charge in [-0.1, -0.05) is 6.92 Å². The number of nitrogens with one attached hydrogen (secondary N) is 3. The van der Waals surface area contributed by atoms with Gasteiger partial charge in [0.05, 0.1) is 0 Å². The fourth-order valence-electron chi connectivity index (χ4n) is 1.50. The number of amides is 1. The lowest BCUT2D eigenvalue weighted by Gasteiger charge is -2.10. The zero-order valence-corrected chi connectivity index (χ0v) is 11.9. The van der Waals surface area contributed by atoms with Crippen LogP contribution in [0.15, 0.2) is 12.4 Å². The second kappa shape index (κ2) is 8.29. The average Bonchev–Trinajstić information content (AvgIpc) is 2.36. The molecule has 1 heterocycles. The zero-order chi connectivity index (χ0) is 14.1. The van der Waals surface area contributed by atoms with Crippen LogP contribution in [0.4, 0.5) is 11.6 Å². The van der Waals surface area contributed by atoms with Crippen LogP contribution in [0.5, 0.6) is 0 Å². The van der Waals surface area contributed by atoms with Gasteiger partial charge >= 0.3 is 0 Å². The second-order valence-corrected chi connectivity index (χ2v) is 4.61. The van der Waals surface area contributed by atoms with Gasteiger partial charge in [0.25, 0.3) is 0 Å². The Hall–Kier alpha value is -1.85. The average molecular weight is 265 g/mol. The maximum absolute atomic E-state index is 11.5. The first-order valence-corrected chi connectivity index (χ1v) is 6.71. The summed E-state index contributed by atoms with van der Waals surface area (Å²) in [5.74, 6) is 1.57. The molecule has 0 atom stereocenters. The molecule has 0 saturated heterocycles. The molecule has 0 aliphatic carbocycles. The van der Waals surface area contributed by atoms with Crippen LogP contribution in [0.2, 0.25) is 0 Å². The van der Waals surface area contributed by atoms with Crippen molar-refractivity contribution < 1.29 is 4.79 Å². The molecular weight excluding hydrogens is 242 g/mol. The highest BCUT2D eigenvalue weighted by Gasteiger charge is 2.03. The summed E-state index contributed by atoms with van der Waals surface area (Å²) >= 11 is 0. The summed E-state index contributed by atoms with van der Waals surface area (Å²) in [5, 5.41) is 9.15. The molecule has 1 aromatic rings. The number of nitrogens with zero attached hydrogens (tertiary/aromatic N) is 2. The molecule has 0 aliphatic heterocycles. The summed E-state index contributed by atoms with van der Waals surface area (Å²) in [6.07, 6.45) is 2.98. The van der Waals surface area contributed by atoms with Crippen LogP contribution in [0.25, 0.3) is 0 Å². The molecular formula is C13H23N5O. The Morgan fingerprint density at radius 2 is 1.84 bits per heavy atom. The molecule has 6 heteroatoms. The third kappa shape index (κ3) is 6.59. The van der Waals surface area contributed by atoms with Crippen molar-refractivity contribution in [3.8, 4) is 0 Å². The molecule has 106 valence electrons. The number of carbonyl (C=O) groups is 1. The molecule has 6 nitrogen and oxygen atoms in total. The number of hydrogen-bond donors (Lipinski definition) is 3. The smallest absolute Gasteiger partial charge is 0.221 e. The maximum Gasteiger partial charge on any atom is 0.221 e. The minimum Gasteiger partial charge on any atom is -0.370 e. The molecule has 0 unspecified atom stereocenters. The lowest BCUT2D eigenvalue weighted by Crippen LogP contribution is -2.31. The summed E-state index contributed by atoms with van der Waals surface area (Å²) in [6.45, 7) is 7.43. The van der Waals surface area contributed by atoms with Crippen LogP contribution in [-0.4, -0.2) is 35.0 Å². The van der Waals surface area contributed by atoms with E-state index in [1.807, 2.05) is 19.9 Å². The van der Waals surface area contributed by atoms with Crippen LogP contribution in [-0.2, 0) is 4.79 Å². The van der Waals surface area contributed by atoms with Crippen molar-refractivity contribution in [1.82, 2.24) is 15.3 Å². The van der Waals surface area contributed by atoms with Crippen molar-refractivity contribution in [3.05, 3.63) is 12.4 Å². The molecule has 0 aliphatic rings. The van der Waals surface area contributed by atoms with Crippen LogP contribution in [0, 0.1) is 0 Å². The summed E-state index contributed by atoms with van der Waals surface area (Å²) in [5.41, 5.74) is 0. The number of rotatable bonds is 8. The molecule has 0 saturated carbocycles. The Balaban J connectivity index is 2.34. The van der Waals surface area contributed by atoms with Gasteiger partial charge in [-0.05, 0) is 20.3 Å². The standard InChI is InChI=1S/C13H23N5O/c1-4-6-14-11-8-12(17-9-16-11)15-7-5-13(19)18-10(2)3/h8-10H,4-7H2,1-3H3,(H,18,19)(H2,14,15,16,17). The third-order valence-corrected chi connectivity index (χ3v) is 2.33. The summed E-state index contributed by atoms with van der Waals surface area (Å²) < 4.78 is 0. The van der Waals surface area contributed by atoms with E-state index >= 15 is 0 Å². The van der Waals surface area contributed by atoms with Gasteiger partial charge in [-0.15, -0.1) is 0 Å². The first kappa shape index (κ1) is 15.2. The largest absolute Gasteiger partial charge is 0.370 e. The molecule has 1 rings (SSSR count). The lowest BCUT2D eigenvalue weighted by molar-refractivity contribution is -0.121. The minimum absolute atomic E-state index is 0.0425. The first-order valence-electron chi connectivity index (χ1n) is 6.71. The predicted octanol–water partition coefficient (Wildman–Crippen LogP) is 1.63. The summed E-state index contributed by atoms with van der Waals surface area (Å²) in [4.78, 5) is 19.7. The highest BCUT2D eigenvalue weighted by molar-refractivity contribution is 5.76. The maximum atomic E-state index is 11.5. The first-order chi connectivity index (χ1) is 9.11. The van der Waals surface area contributed by atoms with Gasteiger partial charge in [0, 0.05) is 31.6 Å². The van der Waals surface area contributed by atoms with E-state index in [-0.39, 0.29) is 11.9 Å². The van der Waals surface area contributed by atoms with Gasteiger partial charge in [-0.2, -0.15) is 0 Å². The zero-order valence-electron chi connectivity index (χ0n) is 11.9. The highest BCUT2D eigenvalue weighted by Crippen LogP contribution is 2.08. The van der Waals surface area contributed by atoms with E-state index in [9.17, 15) is 4.79 Å². The Bertz CT molecular complexity index is 394. The van der Waals surface area contributed by atoms with Gasteiger partial charge in [-0.25, -0.2) is 9.97 Å². The molecule has 0 aromatic carbocycles. The van der Waals surface area contributed by atoms with Gasteiger partial charge in [0.15, 0.2) is 0 Å². The van der Waals surface area contributed by atoms with E-state index in [0.29, 0.717) is 13.0 Å². The van der Waals surface area contributed by atoms with Crippen LogP contribution >= 0.6 is 0 Å². The molecule has 0 radical (unpaired) electrons. The van der Waals surface area contributed by atoms with E-state index < -0.39 is 0 Å². The van der Waals surface area contributed by atoms with E-state index in [0.717, 1.165) is 24.6 Å². The third-order valence-electron chi connectivity index (χ3n) is 2.33. The fraction of sp³-hybridized carbons (Fsp3) is 0.615. The van der Waals surface area contributed by atoms with E-state index in [1.165, 1.54) is 6.33 Å². The van der Waals surface area contributed by atoms with Gasteiger partial charge < -0.3 is 16.0 Å². The van der Waals surface area contributed by atoms with E-state index in [2.05, 4.69) is 32.8 Å². The molecule has 0 spiro atoms. The molecule has 0 fully saturated rings. The quantitative estimate of drug-likeness (QED) is 0.665. The van der Waals surface area contributed by atoms with Crippen LogP contribution < -0.4 is 16.0 Å². The SMILES string of the molecule is CCCNc1cc(NCCC(=O)NC(C)C)ncn1. The van der Waals surface area contributed by atoms with E-state index in [4.69, 9.17) is 0 Å². The molecule has 3 N–H and O–H groups in total. The Morgan fingerprint density at radius 3 is 2.42 bits per heavy atom. The van der Waals surface area contributed by atoms with Crippen molar-refractivity contribution in [3.63, 3.8) is 0 Å². The van der Waals surface area contributed by atoms with E-state index in [1.54, 1.807) is 0 Å².